The van der Waals surface area contributed by atoms with Crippen LogP contribution in [-0.2, 0) is 0 Å². The first-order valence-electron chi connectivity index (χ1n) is 6.17. The predicted octanol–water partition coefficient (Wildman–Crippen LogP) is 0.500. The van der Waals surface area contributed by atoms with E-state index in [1.165, 1.54) is 6.42 Å². The minimum atomic E-state index is -0.466. The van der Waals surface area contributed by atoms with Crippen molar-refractivity contribution in [3.05, 3.63) is 20.8 Å². The Bertz CT molecular complexity index is 690. The van der Waals surface area contributed by atoms with Crippen LogP contribution in [0, 0.1) is 0 Å². The smallest absolute Gasteiger partial charge is 0.330 e. The Morgan fingerprint density at radius 2 is 1.89 bits per heavy atom. The van der Waals surface area contributed by atoms with Gasteiger partial charge in [0.25, 0.3) is 5.56 Å². The van der Waals surface area contributed by atoms with Gasteiger partial charge in [0.05, 0.1) is 0 Å². The van der Waals surface area contributed by atoms with Crippen LogP contribution in [0.3, 0.4) is 0 Å². The number of fused-ring (bicyclic) bond motifs is 1. The third kappa shape index (κ3) is 1.62. The molecule has 4 N–H and O–H groups in total. The highest BCUT2D eigenvalue weighted by atomic mass is 16.2. The Morgan fingerprint density at radius 1 is 1.17 bits per heavy atom. The Balaban J connectivity index is 2.26. The Kier molecular flexibility index (Phi) is 2.46. The zero-order chi connectivity index (χ0) is 12.7. The molecular formula is C11H15N5O2. The molecule has 1 fully saturated rings. The lowest BCUT2D eigenvalue weighted by Gasteiger charge is -2.23. The fraction of sp³-hybridized carbons (Fsp3) is 0.545. The van der Waals surface area contributed by atoms with E-state index in [9.17, 15) is 9.59 Å². The van der Waals surface area contributed by atoms with Gasteiger partial charge in [-0.15, -0.1) is 0 Å². The van der Waals surface area contributed by atoms with Gasteiger partial charge in [-0.05, 0) is 12.8 Å². The molecule has 2 aromatic heterocycles. The molecule has 1 aliphatic carbocycles. The lowest BCUT2D eigenvalue weighted by Crippen LogP contribution is -2.33. The van der Waals surface area contributed by atoms with Gasteiger partial charge in [-0.1, -0.05) is 19.3 Å². The van der Waals surface area contributed by atoms with Gasteiger partial charge in [-0.25, -0.2) is 4.79 Å². The van der Waals surface area contributed by atoms with Crippen molar-refractivity contribution in [1.82, 2.24) is 19.5 Å². The normalized spacial score (nSPS) is 17.3. The van der Waals surface area contributed by atoms with E-state index in [1.54, 1.807) is 4.57 Å². The lowest BCUT2D eigenvalue weighted by molar-refractivity contribution is 0.349. The number of aromatic amines is 2. The van der Waals surface area contributed by atoms with Crippen molar-refractivity contribution >= 4 is 17.1 Å². The summed E-state index contributed by atoms with van der Waals surface area (Å²) in [5.41, 5.74) is 5.35. The molecule has 0 aromatic carbocycles. The summed E-state index contributed by atoms with van der Waals surface area (Å²) < 4.78 is 1.57. The molecule has 2 aromatic rings. The number of hydrogen-bond donors (Lipinski definition) is 3. The van der Waals surface area contributed by atoms with E-state index < -0.39 is 11.2 Å². The second-order valence-electron chi connectivity index (χ2n) is 4.74. The van der Waals surface area contributed by atoms with Crippen molar-refractivity contribution in [1.29, 1.82) is 0 Å². The van der Waals surface area contributed by atoms with Crippen LogP contribution in [-0.4, -0.2) is 19.5 Å². The summed E-state index contributed by atoms with van der Waals surface area (Å²) in [6.07, 6.45) is 5.26. The minimum Gasteiger partial charge on any atom is -0.369 e. The third-order valence-electron chi connectivity index (χ3n) is 3.54. The first-order valence-corrected chi connectivity index (χ1v) is 6.17. The topological polar surface area (TPSA) is 110 Å². The molecule has 1 aliphatic rings. The van der Waals surface area contributed by atoms with Gasteiger partial charge in [0, 0.05) is 6.04 Å². The molecule has 0 saturated heterocycles. The molecule has 0 atom stereocenters. The molecule has 0 unspecified atom stereocenters. The molecular weight excluding hydrogens is 234 g/mol. The molecule has 96 valence electrons. The molecule has 18 heavy (non-hydrogen) atoms. The van der Waals surface area contributed by atoms with E-state index in [1.807, 2.05) is 0 Å². The molecule has 0 spiro atoms. The number of H-pyrrole nitrogens is 2. The molecule has 0 radical (unpaired) electrons. The van der Waals surface area contributed by atoms with Gasteiger partial charge < -0.3 is 10.7 Å². The Labute approximate surface area is 102 Å². The molecule has 1 saturated carbocycles. The number of nitrogens with one attached hydrogen (secondary N) is 2. The molecule has 7 heteroatoms. The van der Waals surface area contributed by atoms with Crippen LogP contribution in [0.25, 0.3) is 11.2 Å². The Hall–Kier alpha value is -2.05. The number of imidazole rings is 1. The highest BCUT2D eigenvalue weighted by Gasteiger charge is 2.21. The van der Waals surface area contributed by atoms with Crippen molar-refractivity contribution < 1.29 is 0 Å². The maximum absolute atomic E-state index is 12.0. The van der Waals surface area contributed by atoms with Crippen molar-refractivity contribution in [2.24, 2.45) is 0 Å². The summed E-state index contributed by atoms with van der Waals surface area (Å²) in [5, 5.41) is 0. The van der Waals surface area contributed by atoms with Crippen LogP contribution < -0.4 is 17.0 Å². The minimum absolute atomic E-state index is 0.105. The lowest BCUT2D eigenvalue weighted by atomic mass is 9.95. The molecule has 0 aliphatic heterocycles. The first-order chi connectivity index (χ1) is 8.66. The summed E-state index contributed by atoms with van der Waals surface area (Å²) in [6, 6.07) is 0.105. The van der Waals surface area contributed by atoms with Crippen LogP contribution in [0.4, 0.5) is 5.95 Å². The SMILES string of the molecule is Nc1nc2c([nH]1)c(=O)[nH]c(=O)n2C1CCCCC1. The summed E-state index contributed by atoms with van der Waals surface area (Å²) >= 11 is 0. The summed E-state index contributed by atoms with van der Waals surface area (Å²) in [4.78, 5) is 32.7. The van der Waals surface area contributed by atoms with Crippen molar-refractivity contribution in [3.8, 4) is 0 Å². The van der Waals surface area contributed by atoms with E-state index in [0.29, 0.717) is 5.65 Å². The Morgan fingerprint density at radius 3 is 2.61 bits per heavy atom. The van der Waals surface area contributed by atoms with Gasteiger partial charge in [-0.3, -0.25) is 14.3 Å². The summed E-state index contributed by atoms with van der Waals surface area (Å²) in [7, 11) is 0. The zero-order valence-electron chi connectivity index (χ0n) is 9.90. The molecule has 7 nitrogen and oxygen atoms in total. The number of rotatable bonds is 1. The summed E-state index contributed by atoms with van der Waals surface area (Å²) in [5.74, 6) is 0.158. The fourth-order valence-corrected chi connectivity index (χ4v) is 2.71. The number of aromatic nitrogens is 4. The van der Waals surface area contributed by atoms with Crippen molar-refractivity contribution in [2.75, 3.05) is 5.73 Å². The summed E-state index contributed by atoms with van der Waals surface area (Å²) in [6.45, 7) is 0. The van der Waals surface area contributed by atoms with E-state index in [2.05, 4.69) is 15.0 Å². The number of anilines is 1. The largest absolute Gasteiger partial charge is 0.369 e. The van der Waals surface area contributed by atoms with Crippen LogP contribution in [0.15, 0.2) is 9.59 Å². The molecule has 0 bridgehead atoms. The van der Waals surface area contributed by atoms with Gasteiger partial charge >= 0.3 is 5.69 Å². The van der Waals surface area contributed by atoms with Gasteiger partial charge in [0.1, 0.15) is 0 Å². The zero-order valence-corrected chi connectivity index (χ0v) is 9.90. The second kappa shape index (κ2) is 4.01. The average Bonchev–Trinajstić information content (AvgIpc) is 2.72. The van der Waals surface area contributed by atoms with Crippen molar-refractivity contribution in [2.45, 2.75) is 38.1 Å². The quantitative estimate of drug-likeness (QED) is 0.683. The highest BCUT2D eigenvalue weighted by Crippen LogP contribution is 2.28. The van der Waals surface area contributed by atoms with Crippen molar-refractivity contribution in [3.63, 3.8) is 0 Å². The second-order valence-corrected chi connectivity index (χ2v) is 4.74. The predicted molar refractivity (Wildman–Crippen MR) is 67.5 cm³/mol. The molecule has 3 rings (SSSR count). The molecule has 2 heterocycles. The number of hydrogen-bond acceptors (Lipinski definition) is 4. The van der Waals surface area contributed by atoms with Crippen LogP contribution in [0.1, 0.15) is 38.1 Å². The number of nitrogen functional groups attached to an aromatic ring is 1. The molecule has 0 amide bonds. The van der Waals surface area contributed by atoms with E-state index in [0.717, 1.165) is 25.7 Å². The highest BCUT2D eigenvalue weighted by molar-refractivity contribution is 5.72. The van der Waals surface area contributed by atoms with E-state index >= 15 is 0 Å². The monoisotopic (exact) mass is 249 g/mol. The van der Waals surface area contributed by atoms with Crippen LogP contribution in [0.5, 0.6) is 0 Å². The number of nitrogens with two attached hydrogens (primary N) is 1. The van der Waals surface area contributed by atoms with Crippen LogP contribution in [0.2, 0.25) is 0 Å². The maximum atomic E-state index is 12.0. The number of nitrogens with zero attached hydrogens (tertiary/aromatic N) is 2. The first kappa shape index (κ1) is 11.1. The van der Waals surface area contributed by atoms with E-state index in [4.69, 9.17) is 5.73 Å². The third-order valence-corrected chi connectivity index (χ3v) is 3.54. The van der Waals surface area contributed by atoms with E-state index in [-0.39, 0.29) is 17.5 Å². The fourth-order valence-electron chi connectivity index (χ4n) is 2.71. The average molecular weight is 249 g/mol. The van der Waals surface area contributed by atoms with Gasteiger partial charge in [0.2, 0.25) is 0 Å². The van der Waals surface area contributed by atoms with Gasteiger partial charge in [-0.2, -0.15) is 4.98 Å². The van der Waals surface area contributed by atoms with Crippen LogP contribution >= 0.6 is 0 Å². The standard InChI is InChI=1S/C11H15N5O2/c12-10-13-7-8(14-10)16(11(18)15-9(7)17)6-4-2-1-3-5-6/h6H,1-5H2,(H3,12,13,14)(H,15,17,18). The maximum Gasteiger partial charge on any atom is 0.330 e. The van der Waals surface area contributed by atoms with Gasteiger partial charge in [0.15, 0.2) is 17.1 Å².